The summed E-state index contributed by atoms with van der Waals surface area (Å²) in [6, 6.07) is 3.51. The van der Waals surface area contributed by atoms with E-state index in [1.807, 2.05) is 0 Å². The predicted molar refractivity (Wildman–Crippen MR) is 53.9 cm³/mol. The summed E-state index contributed by atoms with van der Waals surface area (Å²) in [6.45, 7) is 1.85. The number of carbonyl (C=O) groups excluding carboxylic acids is 1. The van der Waals surface area contributed by atoms with Gasteiger partial charge in [-0.2, -0.15) is 0 Å². The van der Waals surface area contributed by atoms with Gasteiger partial charge in [-0.1, -0.05) is 0 Å². The number of nitrogens with one attached hydrogen (secondary N) is 1. The molecule has 0 aliphatic carbocycles. The van der Waals surface area contributed by atoms with Crippen LogP contribution in [0.15, 0.2) is 18.3 Å². The Morgan fingerprint density at radius 3 is 3.00 bits per heavy atom. The number of nitrogen functional groups attached to an aromatic ring is 1. The van der Waals surface area contributed by atoms with Crippen molar-refractivity contribution in [1.82, 2.24) is 10.3 Å². The van der Waals surface area contributed by atoms with Gasteiger partial charge >= 0.3 is 0 Å². The highest BCUT2D eigenvalue weighted by molar-refractivity contribution is 5.94. The van der Waals surface area contributed by atoms with Crippen LogP contribution in [0.3, 0.4) is 0 Å². The Morgan fingerprint density at radius 2 is 2.36 bits per heavy atom. The van der Waals surface area contributed by atoms with Gasteiger partial charge in [0.1, 0.15) is 5.82 Å². The maximum atomic E-state index is 11.5. The van der Waals surface area contributed by atoms with Gasteiger partial charge in [0.2, 0.25) is 5.91 Å². The number of hydrogen-bond acceptors (Lipinski definition) is 4. The van der Waals surface area contributed by atoms with E-state index in [2.05, 4.69) is 10.3 Å². The maximum Gasteiger partial charge on any atom is 0.242 e. The summed E-state index contributed by atoms with van der Waals surface area (Å²) < 4.78 is 0. The Hall–Kier alpha value is -1.62. The summed E-state index contributed by atoms with van der Waals surface area (Å²) in [5.74, 6) is 0.722. The van der Waals surface area contributed by atoms with Crippen molar-refractivity contribution in [1.29, 1.82) is 0 Å². The molecule has 5 nitrogen and oxygen atoms in total. The fourth-order valence-electron chi connectivity index (χ4n) is 1.41. The molecule has 1 fully saturated rings. The summed E-state index contributed by atoms with van der Waals surface area (Å²) in [7, 11) is 0. The van der Waals surface area contributed by atoms with Gasteiger partial charge in [-0.15, -0.1) is 0 Å². The zero-order valence-electron chi connectivity index (χ0n) is 7.73. The van der Waals surface area contributed by atoms with Crippen molar-refractivity contribution in [3.8, 4) is 0 Å². The van der Waals surface area contributed by atoms with Crippen molar-refractivity contribution in [2.75, 3.05) is 30.3 Å². The summed E-state index contributed by atoms with van der Waals surface area (Å²) in [4.78, 5) is 17.2. The van der Waals surface area contributed by atoms with E-state index >= 15 is 0 Å². The van der Waals surface area contributed by atoms with Gasteiger partial charge in [-0.3, -0.25) is 9.69 Å². The lowest BCUT2D eigenvalue weighted by molar-refractivity contribution is -0.118. The second-order valence-corrected chi connectivity index (χ2v) is 3.17. The first kappa shape index (κ1) is 8.96. The Labute approximate surface area is 81.9 Å². The van der Waals surface area contributed by atoms with Crippen LogP contribution in [0.2, 0.25) is 0 Å². The molecule has 74 valence electrons. The van der Waals surface area contributed by atoms with Crippen LogP contribution in [-0.2, 0) is 4.79 Å². The Balaban J connectivity index is 2.20. The molecule has 1 saturated heterocycles. The van der Waals surface area contributed by atoms with E-state index in [1.54, 1.807) is 23.2 Å². The molecule has 3 N–H and O–H groups in total. The molecule has 5 heteroatoms. The number of rotatable bonds is 1. The van der Waals surface area contributed by atoms with Crippen LogP contribution in [0.25, 0.3) is 0 Å². The molecular weight excluding hydrogens is 180 g/mol. The van der Waals surface area contributed by atoms with E-state index < -0.39 is 0 Å². The number of aromatic nitrogens is 1. The highest BCUT2D eigenvalue weighted by Crippen LogP contribution is 2.12. The molecule has 0 bridgehead atoms. The van der Waals surface area contributed by atoms with Crippen molar-refractivity contribution < 1.29 is 4.79 Å². The van der Waals surface area contributed by atoms with Crippen molar-refractivity contribution in [3.63, 3.8) is 0 Å². The zero-order valence-corrected chi connectivity index (χ0v) is 7.73. The largest absolute Gasteiger partial charge is 0.397 e. The number of piperazine rings is 1. The number of nitrogens with two attached hydrogens (primary N) is 1. The zero-order chi connectivity index (χ0) is 9.97. The number of nitrogens with zero attached hydrogens (tertiary/aromatic N) is 2. The molecule has 0 spiro atoms. The monoisotopic (exact) mass is 192 g/mol. The van der Waals surface area contributed by atoms with E-state index in [0.29, 0.717) is 24.6 Å². The molecule has 1 aromatic heterocycles. The van der Waals surface area contributed by atoms with E-state index in [-0.39, 0.29) is 5.91 Å². The van der Waals surface area contributed by atoms with Crippen molar-refractivity contribution >= 4 is 17.4 Å². The molecule has 0 saturated carbocycles. The van der Waals surface area contributed by atoms with E-state index in [9.17, 15) is 4.79 Å². The molecule has 0 radical (unpaired) electrons. The van der Waals surface area contributed by atoms with E-state index in [0.717, 1.165) is 6.54 Å². The fraction of sp³-hybridized carbons (Fsp3) is 0.333. The molecule has 0 atom stereocenters. The Bertz CT molecular complexity index is 335. The number of pyridine rings is 1. The minimum Gasteiger partial charge on any atom is -0.397 e. The van der Waals surface area contributed by atoms with Crippen molar-refractivity contribution in [2.45, 2.75) is 0 Å². The van der Waals surface area contributed by atoms with Gasteiger partial charge in [-0.25, -0.2) is 4.98 Å². The van der Waals surface area contributed by atoms with Gasteiger partial charge in [0, 0.05) is 13.1 Å². The van der Waals surface area contributed by atoms with Crippen molar-refractivity contribution in [3.05, 3.63) is 18.3 Å². The molecule has 0 aromatic carbocycles. The van der Waals surface area contributed by atoms with E-state index in [1.165, 1.54) is 0 Å². The molecule has 14 heavy (non-hydrogen) atoms. The molecular formula is C9H12N4O. The first-order valence-corrected chi connectivity index (χ1v) is 4.50. The second kappa shape index (κ2) is 3.63. The minimum atomic E-state index is 0.0496. The summed E-state index contributed by atoms with van der Waals surface area (Å²) >= 11 is 0. The number of carbonyl (C=O) groups is 1. The highest BCUT2D eigenvalue weighted by Gasteiger charge is 2.19. The van der Waals surface area contributed by atoms with Crippen LogP contribution in [0.1, 0.15) is 0 Å². The fourth-order valence-corrected chi connectivity index (χ4v) is 1.41. The van der Waals surface area contributed by atoms with Crippen molar-refractivity contribution in [2.24, 2.45) is 0 Å². The van der Waals surface area contributed by atoms with Gasteiger partial charge < -0.3 is 11.1 Å². The van der Waals surface area contributed by atoms with Crippen LogP contribution in [0.4, 0.5) is 11.5 Å². The number of hydrogen-bond donors (Lipinski definition) is 2. The first-order valence-electron chi connectivity index (χ1n) is 4.50. The van der Waals surface area contributed by atoms with Crippen LogP contribution < -0.4 is 16.0 Å². The molecule has 1 aromatic rings. The lowest BCUT2D eigenvalue weighted by Gasteiger charge is -2.26. The standard InChI is InChI=1S/C9H12N4O/c10-7-1-2-8(12-5-7)13-4-3-11-6-9(13)14/h1-2,5,11H,3-4,6,10H2. The number of amides is 1. The van der Waals surface area contributed by atoms with Gasteiger partial charge in [-0.05, 0) is 12.1 Å². The van der Waals surface area contributed by atoms with Crippen LogP contribution in [0, 0.1) is 0 Å². The van der Waals surface area contributed by atoms with Gasteiger partial charge in [0.25, 0.3) is 0 Å². The average molecular weight is 192 g/mol. The molecule has 2 rings (SSSR count). The van der Waals surface area contributed by atoms with E-state index in [4.69, 9.17) is 5.73 Å². The quantitative estimate of drug-likeness (QED) is 0.635. The molecule has 2 heterocycles. The molecule has 1 amide bonds. The summed E-state index contributed by atoms with van der Waals surface area (Å²) in [5, 5.41) is 3.00. The number of anilines is 2. The van der Waals surface area contributed by atoms with Gasteiger partial charge in [0.05, 0.1) is 18.4 Å². The second-order valence-electron chi connectivity index (χ2n) is 3.17. The third-order valence-corrected chi connectivity index (χ3v) is 2.14. The normalized spacial score (nSPS) is 17.1. The Morgan fingerprint density at radius 1 is 1.50 bits per heavy atom. The molecule has 0 unspecified atom stereocenters. The smallest absolute Gasteiger partial charge is 0.242 e. The maximum absolute atomic E-state index is 11.5. The highest BCUT2D eigenvalue weighted by atomic mass is 16.2. The van der Waals surface area contributed by atoms with Gasteiger partial charge in [0.15, 0.2) is 0 Å². The third-order valence-electron chi connectivity index (χ3n) is 2.14. The topological polar surface area (TPSA) is 71.2 Å². The lowest BCUT2D eigenvalue weighted by Crippen LogP contribution is -2.48. The Kier molecular flexibility index (Phi) is 2.32. The lowest BCUT2D eigenvalue weighted by atomic mass is 10.3. The van der Waals surface area contributed by atoms with Crippen LogP contribution >= 0.6 is 0 Å². The molecule has 1 aliphatic rings. The third kappa shape index (κ3) is 1.67. The summed E-state index contributed by atoms with van der Waals surface area (Å²) in [5.41, 5.74) is 6.12. The SMILES string of the molecule is Nc1ccc(N2CCNCC2=O)nc1. The van der Waals surface area contributed by atoms with Crippen LogP contribution in [-0.4, -0.2) is 30.5 Å². The minimum absolute atomic E-state index is 0.0496. The molecule has 1 aliphatic heterocycles. The summed E-state index contributed by atoms with van der Waals surface area (Å²) in [6.07, 6.45) is 1.56. The predicted octanol–water partition coefficient (Wildman–Crippen LogP) is -0.400. The first-order chi connectivity index (χ1) is 6.77. The van der Waals surface area contributed by atoms with Crippen LogP contribution in [0.5, 0.6) is 0 Å². The average Bonchev–Trinajstić information content (AvgIpc) is 2.20.